The number of hydrazine groups is 1. The van der Waals surface area contributed by atoms with Crippen LogP contribution in [0.5, 0.6) is 0 Å². The first kappa shape index (κ1) is 12.6. The molecule has 0 unspecified atom stereocenters. The smallest absolute Gasteiger partial charge is 0.148 e. The SMILES string of the molecule is CCc1c(NN)ncnc1NC(CO)CO. The minimum absolute atomic E-state index is 0.172. The van der Waals surface area contributed by atoms with Crippen LogP contribution in [-0.2, 0) is 6.42 Å². The van der Waals surface area contributed by atoms with E-state index in [9.17, 15) is 0 Å². The third kappa shape index (κ3) is 2.78. The second kappa shape index (κ2) is 6.21. The molecule has 0 aliphatic carbocycles. The maximum absolute atomic E-state index is 8.97. The fourth-order valence-corrected chi connectivity index (χ4v) is 1.34. The number of aliphatic hydroxyl groups excluding tert-OH is 2. The molecule has 0 aliphatic rings. The van der Waals surface area contributed by atoms with E-state index in [-0.39, 0.29) is 13.2 Å². The summed E-state index contributed by atoms with van der Waals surface area (Å²) in [6, 6.07) is -0.439. The normalized spacial score (nSPS) is 10.6. The maximum Gasteiger partial charge on any atom is 0.148 e. The van der Waals surface area contributed by atoms with Gasteiger partial charge in [0, 0.05) is 5.56 Å². The molecule has 0 radical (unpaired) electrons. The summed E-state index contributed by atoms with van der Waals surface area (Å²) in [5, 5.41) is 20.9. The topological polar surface area (TPSA) is 116 Å². The number of nitrogen functional groups attached to an aromatic ring is 1. The number of rotatable bonds is 6. The van der Waals surface area contributed by atoms with Crippen molar-refractivity contribution in [1.82, 2.24) is 9.97 Å². The lowest BCUT2D eigenvalue weighted by atomic mass is 10.2. The van der Waals surface area contributed by atoms with Gasteiger partial charge < -0.3 is 21.0 Å². The van der Waals surface area contributed by atoms with E-state index in [2.05, 4.69) is 20.7 Å². The van der Waals surface area contributed by atoms with Crippen LogP contribution in [0.15, 0.2) is 6.33 Å². The van der Waals surface area contributed by atoms with Crippen LogP contribution in [0.1, 0.15) is 12.5 Å². The molecule has 1 aromatic heterocycles. The van der Waals surface area contributed by atoms with E-state index in [0.717, 1.165) is 5.56 Å². The fourth-order valence-electron chi connectivity index (χ4n) is 1.34. The van der Waals surface area contributed by atoms with Crippen molar-refractivity contribution in [1.29, 1.82) is 0 Å². The van der Waals surface area contributed by atoms with E-state index < -0.39 is 6.04 Å². The fraction of sp³-hybridized carbons (Fsp3) is 0.556. The van der Waals surface area contributed by atoms with Gasteiger partial charge in [-0.05, 0) is 6.42 Å². The zero-order valence-corrected chi connectivity index (χ0v) is 9.14. The molecular formula is C9H17N5O2. The Bertz CT molecular complexity index is 330. The molecule has 0 amide bonds. The van der Waals surface area contributed by atoms with Gasteiger partial charge in [0.1, 0.15) is 18.0 Å². The third-order valence-corrected chi connectivity index (χ3v) is 2.22. The predicted molar refractivity (Wildman–Crippen MR) is 60.8 cm³/mol. The Morgan fingerprint density at radius 1 is 1.31 bits per heavy atom. The number of nitrogens with one attached hydrogen (secondary N) is 2. The third-order valence-electron chi connectivity index (χ3n) is 2.22. The van der Waals surface area contributed by atoms with Crippen molar-refractivity contribution < 1.29 is 10.2 Å². The molecule has 6 N–H and O–H groups in total. The first-order valence-electron chi connectivity index (χ1n) is 5.05. The van der Waals surface area contributed by atoms with Gasteiger partial charge in [0.25, 0.3) is 0 Å². The van der Waals surface area contributed by atoms with Gasteiger partial charge in [0.15, 0.2) is 0 Å². The highest BCUT2D eigenvalue weighted by molar-refractivity contribution is 5.57. The Labute approximate surface area is 93.7 Å². The van der Waals surface area contributed by atoms with Crippen LogP contribution < -0.4 is 16.6 Å². The minimum atomic E-state index is -0.439. The average molecular weight is 227 g/mol. The highest BCUT2D eigenvalue weighted by Crippen LogP contribution is 2.19. The van der Waals surface area contributed by atoms with Crippen molar-refractivity contribution in [2.75, 3.05) is 24.0 Å². The largest absolute Gasteiger partial charge is 0.394 e. The molecule has 0 bridgehead atoms. The van der Waals surface area contributed by atoms with Gasteiger partial charge in [0.05, 0.1) is 19.3 Å². The van der Waals surface area contributed by atoms with Gasteiger partial charge >= 0.3 is 0 Å². The molecule has 1 aromatic rings. The van der Waals surface area contributed by atoms with E-state index in [1.54, 1.807) is 0 Å². The van der Waals surface area contributed by atoms with E-state index in [0.29, 0.717) is 18.1 Å². The summed E-state index contributed by atoms with van der Waals surface area (Å²) in [6.45, 7) is 1.60. The van der Waals surface area contributed by atoms with E-state index in [4.69, 9.17) is 16.1 Å². The van der Waals surface area contributed by atoms with Crippen LogP contribution in [0.3, 0.4) is 0 Å². The molecule has 1 heterocycles. The van der Waals surface area contributed by atoms with Gasteiger partial charge in [0.2, 0.25) is 0 Å². The minimum Gasteiger partial charge on any atom is -0.394 e. The Balaban J connectivity index is 2.94. The van der Waals surface area contributed by atoms with Crippen molar-refractivity contribution in [3.05, 3.63) is 11.9 Å². The molecule has 0 saturated carbocycles. The van der Waals surface area contributed by atoms with Crippen LogP contribution in [0, 0.1) is 0 Å². The standard InChI is InChI=1S/C9H17N5O2/c1-2-7-8(13-6(3-15)4-16)11-5-12-9(7)14-10/h5-6,15-16H,2-4,10H2,1H3,(H2,11,12,13,14). The monoisotopic (exact) mass is 227 g/mol. The first-order valence-corrected chi connectivity index (χ1v) is 5.05. The summed E-state index contributed by atoms with van der Waals surface area (Å²) in [5.41, 5.74) is 3.30. The van der Waals surface area contributed by atoms with E-state index in [1.807, 2.05) is 6.92 Å². The molecule has 7 nitrogen and oxygen atoms in total. The van der Waals surface area contributed by atoms with Gasteiger partial charge in [-0.3, -0.25) is 0 Å². The zero-order valence-electron chi connectivity index (χ0n) is 9.14. The Morgan fingerprint density at radius 2 is 1.94 bits per heavy atom. The van der Waals surface area contributed by atoms with Gasteiger partial charge in [-0.25, -0.2) is 15.8 Å². The second-order valence-corrected chi connectivity index (χ2v) is 3.25. The number of hydrogen-bond acceptors (Lipinski definition) is 7. The lowest BCUT2D eigenvalue weighted by molar-refractivity contribution is 0.203. The van der Waals surface area contributed by atoms with Gasteiger partial charge in [-0.15, -0.1) is 0 Å². The van der Waals surface area contributed by atoms with E-state index >= 15 is 0 Å². The summed E-state index contributed by atoms with van der Waals surface area (Å²) in [7, 11) is 0. The number of nitrogens with two attached hydrogens (primary N) is 1. The Hall–Kier alpha value is -1.44. The molecule has 0 aliphatic heterocycles. The Morgan fingerprint density at radius 3 is 2.44 bits per heavy atom. The molecule has 16 heavy (non-hydrogen) atoms. The number of hydrogen-bond donors (Lipinski definition) is 5. The van der Waals surface area contributed by atoms with Crippen LogP contribution >= 0.6 is 0 Å². The highest BCUT2D eigenvalue weighted by Gasteiger charge is 2.12. The van der Waals surface area contributed by atoms with Crippen molar-refractivity contribution >= 4 is 11.6 Å². The zero-order chi connectivity index (χ0) is 12.0. The number of aromatic nitrogens is 2. The summed E-state index contributed by atoms with van der Waals surface area (Å²) in [6.07, 6.45) is 2.05. The molecule has 0 saturated heterocycles. The summed E-state index contributed by atoms with van der Waals surface area (Å²) in [5.74, 6) is 6.43. The molecule has 0 aromatic carbocycles. The number of nitrogens with zero attached hydrogens (tertiary/aromatic N) is 2. The summed E-state index contributed by atoms with van der Waals surface area (Å²) in [4.78, 5) is 8.03. The second-order valence-electron chi connectivity index (χ2n) is 3.25. The van der Waals surface area contributed by atoms with E-state index in [1.165, 1.54) is 6.33 Å². The summed E-state index contributed by atoms with van der Waals surface area (Å²) >= 11 is 0. The lowest BCUT2D eigenvalue weighted by Crippen LogP contribution is -2.29. The van der Waals surface area contributed by atoms with Crippen molar-refractivity contribution in [2.24, 2.45) is 5.84 Å². The van der Waals surface area contributed by atoms with Crippen molar-refractivity contribution in [3.8, 4) is 0 Å². The quantitative estimate of drug-likeness (QED) is 0.315. The molecule has 0 fully saturated rings. The molecule has 0 spiro atoms. The molecule has 7 heteroatoms. The highest BCUT2D eigenvalue weighted by atomic mass is 16.3. The van der Waals surface area contributed by atoms with Gasteiger partial charge in [-0.2, -0.15) is 0 Å². The number of anilines is 2. The van der Waals surface area contributed by atoms with Crippen molar-refractivity contribution in [2.45, 2.75) is 19.4 Å². The average Bonchev–Trinajstić information content (AvgIpc) is 2.35. The van der Waals surface area contributed by atoms with Crippen LogP contribution in [0.2, 0.25) is 0 Å². The van der Waals surface area contributed by atoms with Crippen LogP contribution in [0.25, 0.3) is 0 Å². The van der Waals surface area contributed by atoms with Crippen LogP contribution in [0.4, 0.5) is 11.6 Å². The Kier molecular flexibility index (Phi) is 4.90. The predicted octanol–water partition coefficient (Wildman–Crippen LogP) is -0.910. The molecule has 1 rings (SSSR count). The van der Waals surface area contributed by atoms with Crippen molar-refractivity contribution in [3.63, 3.8) is 0 Å². The summed E-state index contributed by atoms with van der Waals surface area (Å²) < 4.78 is 0. The molecule has 90 valence electrons. The lowest BCUT2D eigenvalue weighted by Gasteiger charge is -2.17. The van der Waals surface area contributed by atoms with Crippen LogP contribution in [-0.4, -0.2) is 39.4 Å². The maximum atomic E-state index is 8.97. The molecule has 0 atom stereocenters. The number of aliphatic hydroxyl groups is 2. The first-order chi connectivity index (χ1) is 7.76. The molecular weight excluding hydrogens is 210 g/mol. The van der Waals surface area contributed by atoms with Gasteiger partial charge in [-0.1, -0.05) is 6.92 Å².